The molecule has 0 atom stereocenters. The fraction of sp³-hybridized carbons (Fsp3) is 0.154. The van der Waals surface area contributed by atoms with E-state index >= 15 is 0 Å². The molecular weight excluding hydrogens is 412 g/mol. The number of nitrogens with one attached hydrogen (secondary N) is 1. The smallest absolute Gasteiger partial charge is 0.257 e. The molecule has 0 aliphatic carbocycles. The van der Waals surface area contributed by atoms with Crippen molar-refractivity contribution in [2.45, 2.75) is 26.9 Å². The molecule has 164 valence electrons. The molecule has 0 radical (unpaired) electrons. The molecule has 0 bridgehead atoms. The number of benzene rings is 2. The molecule has 1 N–H and O–H groups in total. The molecule has 0 unspecified atom stereocenters. The molecule has 0 saturated heterocycles. The summed E-state index contributed by atoms with van der Waals surface area (Å²) in [5.74, 6) is -0.188. The van der Waals surface area contributed by atoms with E-state index in [1.807, 2.05) is 55.1 Å². The van der Waals surface area contributed by atoms with E-state index in [2.05, 4.69) is 50.8 Å². The second kappa shape index (κ2) is 8.70. The number of rotatable bonds is 6. The van der Waals surface area contributed by atoms with E-state index in [-0.39, 0.29) is 5.91 Å². The van der Waals surface area contributed by atoms with Gasteiger partial charge in [-0.3, -0.25) is 9.48 Å². The van der Waals surface area contributed by atoms with Crippen molar-refractivity contribution < 1.29 is 4.79 Å². The van der Waals surface area contributed by atoms with Crippen LogP contribution in [0.15, 0.2) is 79.3 Å². The van der Waals surface area contributed by atoms with E-state index in [4.69, 9.17) is 0 Å². The van der Waals surface area contributed by atoms with Gasteiger partial charge in [0.15, 0.2) is 5.65 Å². The largest absolute Gasteiger partial charge is 0.348 e. The summed E-state index contributed by atoms with van der Waals surface area (Å²) in [6.07, 6.45) is 5.31. The second-order valence-electron chi connectivity index (χ2n) is 8.07. The number of aryl methyl sites for hydroxylation is 2. The SMILES string of the molecule is Cc1cc(C)n2ncc(C(=O)NCc3ccccc3-c3ccc(Cn4cccn4)cc3)c2n1. The van der Waals surface area contributed by atoms with E-state index in [1.165, 1.54) is 5.56 Å². The maximum absolute atomic E-state index is 12.9. The molecule has 0 aliphatic rings. The van der Waals surface area contributed by atoms with E-state index in [0.717, 1.165) is 34.6 Å². The summed E-state index contributed by atoms with van der Waals surface area (Å²) in [6, 6.07) is 20.4. The highest BCUT2D eigenvalue weighted by molar-refractivity contribution is 5.99. The molecule has 7 heteroatoms. The number of hydrogen-bond donors (Lipinski definition) is 1. The van der Waals surface area contributed by atoms with Crippen LogP contribution < -0.4 is 5.32 Å². The van der Waals surface area contributed by atoms with Gasteiger partial charge in [-0.15, -0.1) is 0 Å². The van der Waals surface area contributed by atoms with E-state index in [0.29, 0.717) is 17.8 Å². The predicted octanol–water partition coefficient (Wildman–Crippen LogP) is 4.19. The van der Waals surface area contributed by atoms with Crippen molar-refractivity contribution in [3.8, 4) is 11.1 Å². The van der Waals surface area contributed by atoms with Crippen LogP contribution in [0.3, 0.4) is 0 Å². The Morgan fingerprint density at radius 2 is 1.82 bits per heavy atom. The van der Waals surface area contributed by atoms with Crippen LogP contribution in [-0.2, 0) is 13.1 Å². The van der Waals surface area contributed by atoms with Crippen LogP contribution >= 0.6 is 0 Å². The average Bonchev–Trinajstić information content (AvgIpc) is 3.48. The van der Waals surface area contributed by atoms with Crippen molar-refractivity contribution in [3.05, 3.63) is 107 Å². The monoisotopic (exact) mass is 436 g/mol. The van der Waals surface area contributed by atoms with Crippen LogP contribution in [0.2, 0.25) is 0 Å². The fourth-order valence-corrected chi connectivity index (χ4v) is 4.03. The predicted molar refractivity (Wildman–Crippen MR) is 127 cm³/mol. The van der Waals surface area contributed by atoms with Gasteiger partial charge in [0.25, 0.3) is 5.91 Å². The van der Waals surface area contributed by atoms with Crippen molar-refractivity contribution in [3.63, 3.8) is 0 Å². The lowest BCUT2D eigenvalue weighted by molar-refractivity contribution is 0.0952. The van der Waals surface area contributed by atoms with E-state index in [1.54, 1.807) is 16.9 Å². The van der Waals surface area contributed by atoms with E-state index in [9.17, 15) is 4.79 Å². The molecule has 7 nitrogen and oxygen atoms in total. The lowest BCUT2D eigenvalue weighted by Crippen LogP contribution is -2.23. The first-order valence-electron chi connectivity index (χ1n) is 10.8. The third kappa shape index (κ3) is 4.25. The fourth-order valence-electron chi connectivity index (χ4n) is 4.03. The van der Waals surface area contributed by atoms with Gasteiger partial charge in [0.1, 0.15) is 5.56 Å². The molecule has 1 amide bonds. The lowest BCUT2D eigenvalue weighted by Gasteiger charge is -2.12. The van der Waals surface area contributed by atoms with Crippen LogP contribution in [0, 0.1) is 13.8 Å². The number of carbonyl (C=O) groups is 1. The maximum Gasteiger partial charge on any atom is 0.257 e. The standard InChI is InChI=1S/C26H24N6O/c1-18-14-19(2)32-25(30-18)24(16-29-32)26(33)27-15-22-6-3-4-7-23(22)21-10-8-20(9-11-21)17-31-13-5-12-28-31/h3-14,16H,15,17H2,1-2H3,(H,27,33). The molecule has 5 rings (SSSR count). The summed E-state index contributed by atoms with van der Waals surface area (Å²) < 4.78 is 3.59. The van der Waals surface area contributed by atoms with Gasteiger partial charge < -0.3 is 5.32 Å². The summed E-state index contributed by atoms with van der Waals surface area (Å²) in [7, 11) is 0. The zero-order valence-electron chi connectivity index (χ0n) is 18.6. The Morgan fingerprint density at radius 3 is 2.61 bits per heavy atom. The number of hydrogen-bond acceptors (Lipinski definition) is 4. The quantitative estimate of drug-likeness (QED) is 0.433. The van der Waals surface area contributed by atoms with Crippen molar-refractivity contribution in [2.24, 2.45) is 0 Å². The number of aromatic nitrogens is 5. The highest BCUT2D eigenvalue weighted by Crippen LogP contribution is 2.24. The first kappa shape index (κ1) is 20.6. The van der Waals surface area contributed by atoms with Gasteiger partial charge in [0.05, 0.1) is 12.7 Å². The van der Waals surface area contributed by atoms with Gasteiger partial charge in [-0.2, -0.15) is 10.2 Å². The van der Waals surface area contributed by atoms with Gasteiger partial charge in [-0.05, 0) is 48.2 Å². The Bertz CT molecular complexity index is 1420. The average molecular weight is 437 g/mol. The third-order valence-electron chi connectivity index (χ3n) is 5.65. The number of carbonyl (C=O) groups excluding carboxylic acids is 1. The summed E-state index contributed by atoms with van der Waals surface area (Å²) in [5, 5.41) is 11.6. The molecule has 3 heterocycles. The zero-order chi connectivity index (χ0) is 22.8. The topological polar surface area (TPSA) is 77.1 Å². The van der Waals surface area contributed by atoms with Gasteiger partial charge in [-0.25, -0.2) is 9.50 Å². The van der Waals surface area contributed by atoms with Crippen molar-refractivity contribution in [2.75, 3.05) is 0 Å². The molecule has 33 heavy (non-hydrogen) atoms. The normalized spacial score (nSPS) is 11.1. The molecule has 0 spiro atoms. The molecule has 0 fully saturated rings. The first-order chi connectivity index (χ1) is 16.1. The summed E-state index contributed by atoms with van der Waals surface area (Å²) >= 11 is 0. The van der Waals surface area contributed by atoms with Gasteiger partial charge in [-0.1, -0.05) is 48.5 Å². The minimum Gasteiger partial charge on any atom is -0.348 e. The molecule has 0 aliphatic heterocycles. The van der Waals surface area contributed by atoms with Crippen molar-refractivity contribution >= 4 is 11.6 Å². The Labute approximate surface area is 191 Å². The molecule has 5 aromatic rings. The van der Waals surface area contributed by atoms with Crippen LogP contribution in [0.25, 0.3) is 16.8 Å². The zero-order valence-corrected chi connectivity index (χ0v) is 18.6. The third-order valence-corrected chi connectivity index (χ3v) is 5.65. The van der Waals surface area contributed by atoms with E-state index < -0.39 is 0 Å². The molecule has 3 aromatic heterocycles. The summed E-state index contributed by atoms with van der Waals surface area (Å²) in [4.78, 5) is 17.5. The Hall–Kier alpha value is -4.26. The van der Waals surface area contributed by atoms with Crippen LogP contribution in [0.4, 0.5) is 0 Å². The summed E-state index contributed by atoms with van der Waals surface area (Å²) in [6.45, 7) is 5.01. The number of fused-ring (bicyclic) bond motifs is 1. The number of amides is 1. The van der Waals surface area contributed by atoms with Crippen LogP contribution in [0.1, 0.15) is 32.9 Å². The lowest BCUT2D eigenvalue weighted by atomic mass is 9.98. The van der Waals surface area contributed by atoms with Crippen LogP contribution in [0.5, 0.6) is 0 Å². The second-order valence-corrected chi connectivity index (χ2v) is 8.07. The molecule has 2 aromatic carbocycles. The number of nitrogens with zero attached hydrogens (tertiary/aromatic N) is 5. The highest BCUT2D eigenvalue weighted by Gasteiger charge is 2.16. The maximum atomic E-state index is 12.9. The molecular formula is C26H24N6O. The Balaban J connectivity index is 1.34. The first-order valence-corrected chi connectivity index (χ1v) is 10.8. The Kier molecular flexibility index (Phi) is 5.44. The minimum absolute atomic E-state index is 0.188. The highest BCUT2D eigenvalue weighted by atomic mass is 16.1. The summed E-state index contributed by atoms with van der Waals surface area (Å²) in [5.41, 5.74) is 7.27. The van der Waals surface area contributed by atoms with Crippen molar-refractivity contribution in [1.29, 1.82) is 0 Å². The van der Waals surface area contributed by atoms with Gasteiger partial charge >= 0.3 is 0 Å². The van der Waals surface area contributed by atoms with Gasteiger partial charge in [0.2, 0.25) is 0 Å². The Morgan fingerprint density at radius 1 is 1.00 bits per heavy atom. The van der Waals surface area contributed by atoms with Gasteiger partial charge in [0, 0.05) is 30.3 Å². The van der Waals surface area contributed by atoms with Crippen LogP contribution in [-0.4, -0.2) is 30.3 Å². The van der Waals surface area contributed by atoms with Crippen molar-refractivity contribution in [1.82, 2.24) is 29.7 Å². The minimum atomic E-state index is -0.188. The molecule has 0 saturated carbocycles.